The zero-order valence-corrected chi connectivity index (χ0v) is 15.4. The summed E-state index contributed by atoms with van der Waals surface area (Å²) in [5.41, 5.74) is 0.729. The molecule has 2 unspecified atom stereocenters. The molecule has 2 fully saturated rings. The number of hydrogen-bond donors (Lipinski definition) is 4. The maximum absolute atomic E-state index is 12.3. The summed E-state index contributed by atoms with van der Waals surface area (Å²) >= 11 is 0. The van der Waals surface area contributed by atoms with Crippen molar-refractivity contribution in [3.05, 3.63) is 35.9 Å². The Morgan fingerprint density at radius 1 is 1.42 bits per heavy atom. The minimum atomic E-state index is -0.792. The molecule has 0 radical (unpaired) electrons. The predicted octanol–water partition coefficient (Wildman–Crippen LogP) is -0.395. The van der Waals surface area contributed by atoms with Crippen molar-refractivity contribution < 1.29 is 14.7 Å². The highest BCUT2D eigenvalue weighted by Crippen LogP contribution is 2.38. The Hall–Kier alpha value is -1.96. The van der Waals surface area contributed by atoms with E-state index >= 15 is 0 Å². The van der Waals surface area contributed by atoms with Gasteiger partial charge in [-0.1, -0.05) is 30.3 Å². The molecule has 2 aliphatic heterocycles. The Morgan fingerprint density at radius 2 is 2.15 bits per heavy atom. The molecule has 1 aromatic carbocycles. The van der Waals surface area contributed by atoms with Gasteiger partial charge in [-0.3, -0.25) is 14.5 Å². The molecule has 4 N–H and O–H groups in total. The monoisotopic (exact) mass is 360 g/mol. The molecule has 7 heteroatoms. The Kier molecular flexibility index (Phi) is 5.60. The van der Waals surface area contributed by atoms with Crippen LogP contribution in [0.1, 0.15) is 25.3 Å². The first kappa shape index (κ1) is 18.8. The van der Waals surface area contributed by atoms with Crippen LogP contribution in [-0.2, 0) is 16.1 Å². The molecule has 0 saturated carbocycles. The van der Waals surface area contributed by atoms with Crippen LogP contribution in [0.2, 0.25) is 0 Å². The highest BCUT2D eigenvalue weighted by molar-refractivity contribution is 5.93. The minimum Gasteiger partial charge on any atom is -0.391 e. The summed E-state index contributed by atoms with van der Waals surface area (Å²) < 4.78 is 0. The third-order valence-electron chi connectivity index (χ3n) is 5.63. The lowest BCUT2D eigenvalue weighted by molar-refractivity contribution is -0.143. The second kappa shape index (κ2) is 7.73. The van der Waals surface area contributed by atoms with Gasteiger partial charge in [0.1, 0.15) is 11.6 Å². The Labute approximate surface area is 154 Å². The first-order valence-corrected chi connectivity index (χ1v) is 9.20. The highest BCUT2D eigenvalue weighted by atomic mass is 16.3. The van der Waals surface area contributed by atoms with E-state index in [2.05, 4.69) is 33.0 Å². The number of hydrogen-bond acceptors (Lipinski definition) is 5. The molecule has 2 heterocycles. The number of amides is 2. The lowest BCUT2D eigenvalue weighted by Crippen LogP contribution is -2.71. The molecule has 3 rings (SSSR count). The number of aliphatic hydroxyl groups excluding tert-OH is 1. The number of β-lactam (4-membered cyclic amide) rings is 1. The highest BCUT2D eigenvalue weighted by Gasteiger charge is 2.56. The molecular weight excluding hydrogens is 332 g/mol. The van der Waals surface area contributed by atoms with Crippen LogP contribution in [0.5, 0.6) is 0 Å². The smallest absolute Gasteiger partial charge is 0.242 e. The average Bonchev–Trinajstić information content (AvgIpc) is 3.01. The number of carbonyl (C=O) groups excluding carboxylic acids is 2. The molecule has 2 amide bonds. The van der Waals surface area contributed by atoms with E-state index in [9.17, 15) is 14.7 Å². The third kappa shape index (κ3) is 3.47. The molecule has 7 nitrogen and oxygen atoms in total. The number of likely N-dealkylation sites (tertiary alicyclic amines) is 1. The fourth-order valence-electron chi connectivity index (χ4n) is 4.03. The number of rotatable bonds is 7. The Bertz CT molecular complexity index is 651. The molecule has 0 aromatic heterocycles. The van der Waals surface area contributed by atoms with E-state index in [0.29, 0.717) is 19.6 Å². The van der Waals surface area contributed by atoms with Crippen LogP contribution in [0.3, 0.4) is 0 Å². The second-order valence-corrected chi connectivity index (χ2v) is 7.26. The quantitative estimate of drug-likeness (QED) is 0.497. The summed E-state index contributed by atoms with van der Waals surface area (Å²) in [4.78, 5) is 26.6. The molecular formula is C19H28N4O3. The molecule has 1 aromatic rings. The van der Waals surface area contributed by atoms with Gasteiger partial charge in [-0.05, 0) is 25.3 Å². The van der Waals surface area contributed by atoms with E-state index in [0.717, 1.165) is 18.4 Å². The number of nitrogens with zero attached hydrogens (tertiary/aromatic N) is 1. The third-order valence-corrected chi connectivity index (χ3v) is 5.63. The molecule has 0 bridgehead atoms. The normalized spacial score (nSPS) is 27.7. The van der Waals surface area contributed by atoms with Crippen LogP contribution in [0.15, 0.2) is 30.3 Å². The maximum atomic E-state index is 12.3. The van der Waals surface area contributed by atoms with Gasteiger partial charge in [0.25, 0.3) is 0 Å². The Balaban J connectivity index is 1.73. The number of carbonyl (C=O) groups is 2. The topological polar surface area (TPSA) is 93.7 Å². The van der Waals surface area contributed by atoms with E-state index in [1.54, 1.807) is 14.0 Å². The van der Waals surface area contributed by atoms with Crippen LogP contribution < -0.4 is 16.0 Å². The van der Waals surface area contributed by atoms with Gasteiger partial charge in [0.15, 0.2) is 0 Å². The SMILES string of the molecule is CNC(=O)[C@@H](NCC1CCC2(CNC2=O)N1Cc1ccccc1)[C@@H](C)O. The molecule has 2 aliphatic rings. The second-order valence-electron chi connectivity index (χ2n) is 7.26. The summed E-state index contributed by atoms with van der Waals surface area (Å²) in [7, 11) is 1.56. The summed E-state index contributed by atoms with van der Waals surface area (Å²) in [6.07, 6.45) is 0.907. The van der Waals surface area contributed by atoms with Gasteiger partial charge in [-0.25, -0.2) is 0 Å². The molecule has 1 spiro atoms. The number of likely N-dealkylation sites (N-methyl/N-ethyl adjacent to an activating group) is 1. The van der Waals surface area contributed by atoms with Crippen LogP contribution in [-0.4, -0.2) is 65.7 Å². The van der Waals surface area contributed by atoms with Crippen molar-refractivity contribution in [3.63, 3.8) is 0 Å². The van der Waals surface area contributed by atoms with Crippen molar-refractivity contribution in [2.45, 2.75) is 50.0 Å². The van der Waals surface area contributed by atoms with Gasteiger partial charge in [0.05, 0.1) is 6.10 Å². The van der Waals surface area contributed by atoms with Gasteiger partial charge < -0.3 is 21.1 Å². The van der Waals surface area contributed by atoms with Crippen molar-refractivity contribution in [2.75, 3.05) is 20.1 Å². The number of aliphatic hydroxyl groups is 1. The van der Waals surface area contributed by atoms with Gasteiger partial charge >= 0.3 is 0 Å². The lowest BCUT2D eigenvalue weighted by atomic mass is 9.88. The first-order chi connectivity index (χ1) is 12.5. The maximum Gasteiger partial charge on any atom is 0.242 e. The largest absolute Gasteiger partial charge is 0.391 e. The standard InChI is InChI=1S/C19H28N4O3/c1-13(24)16(17(25)20-2)21-10-15-8-9-19(12-22-18(19)26)23(15)11-14-6-4-3-5-7-14/h3-7,13,15-16,21,24H,8-12H2,1-2H3,(H,20,25)(H,22,26)/t13-,15?,16+,19?/m1/s1. The summed E-state index contributed by atoms with van der Waals surface area (Å²) in [6.45, 7) is 3.51. The number of benzene rings is 1. The molecule has 4 atom stereocenters. The minimum absolute atomic E-state index is 0.0920. The Morgan fingerprint density at radius 3 is 2.69 bits per heavy atom. The van der Waals surface area contributed by atoms with Crippen molar-refractivity contribution in [1.29, 1.82) is 0 Å². The fourth-order valence-corrected chi connectivity index (χ4v) is 4.03. The van der Waals surface area contributed by atoms with E-state index in [4.69, 9.17) is 0 Å². The van der Waals surface area contributed by atoms with Gasteiger partial charge in [0, 0.05) is 32.7 Å². The van der Waals surface area contributed by atoms with Crippen molar-refractivity contribution in [2.24, 2.45) is 0 Å². The van der Waals surface area contributed by atoms with Crippen LogP contribution in [0.4, 0.5) is 0 Å². The van der Waals surface area contributed by atoms with Crippen molar-refractivity contribution in [3.8, 4) is 0 Å². The summed E-state index contributed by atoms with van der Waals surface area (Å²) in [5.74, 6) is -0.141. The molecule has 142 valence electrons. The van der Waals surface area contributed by atoms with Crippen molar-refractivity contribution >= 4 is 11.8 Å². The fraction of sp³-hybridized carbons (Fsp3) is 0.579. The van der Waals surface area contributed by atoms with E-state index in [1.165, 1.54) is 0 Å². The van der Waals surface area contributed by atoms with E-state index < -0.39 is 17.7 Å². The molecule has 2 saturated heterocycles. The summed E-state index contributed by atoms with van der Waals surface area (Å²) in [6, 6.07) is 9.58. The van der Waals surface area contributed by atoms with Crippen LogP contribution in [0, 0.1) is 0 Å². The van der Waals surface area contributed by atoms with Gasteiger partial charge in [-0.15, -0.1) is 0 Å². The van der Waals surface area contributed by atoms with Gasteiger partial charge in [-0.2, -0.15) is 0 Å². The van der Waals surface area contributed by atoms with Crippen molar-refractivity contribution in [1.82, 2.24) is 20.9 Å². The zero-order chi connectivity index (χ0) is 18.7. The number of nitrogens with one attached hydrogen (secondary N) is 3. The zero-order valence-electron chi connectivity index (χ0n) is 15.4. The van der Waals surface area contributed by atoms with Crippen LogP contribution in [0.25, 0.3) is 0 Å². The summed E-state index contributed by atoms with van der Waals surface area (Å²) in [5, 5.41) is 18.5. The van der Waals surface area contributed by atoms with Gasteiger partial charge in [0.2, 0.25) is 11.8 Å². The molecule has 0 aliphatic carbocycles. The first-order valence-electron chi connectivity index (χ1n) is 9.20. The van der Waals surface area contributed by atoms with Crippen LogP contribution >= 0.6 is 0 Å². The average molecular weight is 360 g/mol. The van der Waals surface area contributed by atoms with E-state index in [1.807, 2.05) is 18.2 Å². The lowest BCUT2D eigenvalue weighted by Gasteiger charge is -2.46. The predicted molar refractivity (Wildman–Crippen MR) is 98.3 cm³/mol. The molecule has 26 heavy (non-hydrogen) atoms. The van der Waals surface area contributed by atoms with E-state index in [-0.39, 0.29) is 17.9 Å².